The summed E-state index contributed by atoms with van der Waals surface area (Å²) in [6.07, 6.45) is 2.85. The Morgan fingerprint density at radius 1 is 1.53 bits per heavy atom. The van der Waals surface area contributed by atoms with Crippen molar-refractivity contribution in [1.82, 2.24) is 10.2 Å². The second-order valence-corrected chi connectivity index (χ2v) is 3.30. The molecule has 2 rings (SSSR count). The molecule has 0 radical (unpaired) electrons. The Labute approximate surface area is 87.5 Å². The third-order valence-electron chi connectivity index (χ3n) is 2.19. The highest BCUT2D eigenvalue weighted by atomic mass is 16.1. The minimum atomic E-state index is 0.281. The molecular weight excluding hydrogens is 188 g/mol. The third-order valence-corrected chi connectivity index (χ3v) is 2.19. The molecule has 0 aliphatic rings. The molecule has 3 nitrogen and oxygen atoms in total. The van der Waals surface area contributed by atoms with E-state index in [4.69, 9.17) is 0 Å². The van der Waals surface area contributed by atoms with Crippen molar-refractivity contribution >= 4 is 17.2 Å². The van der Waals surface area contributed by atoms with Gasteiger partial charge in [0.25, 0.3) is 0 Å². The maximum atomic E-state index is 10.1. The molecule has 1 N–H and O–H groups in total. The number of rotatable bonds is 1. The predicted molar refractivity (Wildman–Crippen MR) is 58.4 cm³/mol. The minimum Gasteiger partial charge on any atom is -0.302 e. The fourth-order valence-corrected chi connectivity index (χ4v) is 1.42. The van der Waals surface area contributed by atoms with E-state index < -0.39 is 0 Å². The molecule has 0 saturated heterocycles. The zero-order valence-corrected chi connectivity index (χ0v) is 8.37. The van der Waals surface area contributed by atoms with Gasteiger partial charge in [-0.25, -0.2) is 0 Å². The van der Waals surface area contributed by atoms with Crippen molar-refractivity contribution in [3.63, 3.8) is 0 Å². The Bertz CT molecular complexity index is 558. The summed E-state index contributed by atoms with van der Waals surface area (Å²) in [5.74, 6) is 5.77. The number of nitrogens with one attached hydrogen (secondary N) is 1. The fraction of sp³-hybridized carbons (Fsp3) is 0.167. The monoisotopic (exact) mass is 198 g/mol. The van der Waals surface area contributed by atoms with Gasteiger partial charge in [-0.3, -0.25) is 5.10 Å². The molecular formula is C12H10N2O. The first-order chi connectivity index (χ1) is 7.31. The molecule has 1 aromatic heterocycles. The molecule has 1 aromatic carbocycles. The largest absolute Gasteiger partial charge is 0.302 e. The first kappa shape index (κ1) is 9.47. The van der Waals surface area contributed by atoms with E-state index >= 15 is 0 Å². The summed E-state index contributed by atoms with van der Waals surface area (Å²) in [7, 11) is 0. The van der Waals surface area contributed by atoms with Gasteiger partial charge in [0, 0.05) is 10.9 Å². The van der Waals surface area contributed by atoms with Gasteiger partial charge in [-0.1, -0.05) is 11.8 Å². The van der Waals surface area contributed by atoms with Gasteiger partial charge >= 0.3 is 0 Å². The van der Waals surface area contributed by atoms with Crippen LogP contribution in [0, 0.1) is 18.8 Å². The maximum Gasteiger partial charge on any atom is 0.131 e. The lowest BCUT2D eigenvalue weighted by Crippen LogP contribution is -1.82. The maximum absolute atomic E-state index is 10.1. The van der Waals surface area contributed by atoms with Crippen molar-refractivity contribution in [2.24, 2.45) is 0 Å². The van der Waals surface area contributed by atoms with E-state index in [0.29, 0.717) is 0 Å². The average Bonchev–Trinajstić information content (AvgIpc) is 2.65. The molecule has 0 atom stereocenters. The molecule has 3 heteroatoms. The van der Waals surface area contributed by atoms with Crippen LogP contribution < -0.4 is 0 Å². The van der Waals surface area contributed by atoms with E-state index in [1.54, 1.807) is 6.20 Å². The van der Waals surface area contributed by atoms with Crippen LogP contribution in [0.2, 0.25) is 0 Å². The Morgan fingerprint density at radius 3 is 3.20 bits per heavy atom. The van der Waals surface area contributed by atoms with Crippen molar-refractivity contribution in [3.8, 4) is 11.8 Å². The zero-order valence-electron chi connectivity index (χ0n) is 8.37. The smallest absolute Gasteiger partial charge is 0.131 e. The number of aromatic amines is 1. The van der Waals surface area contributed by atoms with Gasteiger partial charge in [0.2, 0.25) is 0 Å². The second-order valence-electron chi connectivity index (χ2n) is 3.30. The number of fused-ring (bicyclic) bond motifs is 1. The molecule has 0 aliphatic carbocycles. The van der Waals surface area contributed by atoms with Crippen molar-refractivity contribution in [2.45, 2.75) is 13.3 Å². The highest BCUT2D eigenvalue weighted by molar-refractivity contribution is 5.80. The number of nitrogens with zero attached hydrogens (tertiary/aromatic N) is 1. The zero-order chi connectivity index (χ0) is 10.7. The molecule has 0 fully saturated rings. The average molecular weight is 198 g/mol. The number of hydrogen-bond donors (Lipinski definition) is 1. The van der Waals surface area contributed by atoms with Crippen LogP contribution in [0.3, 0.4) is 0 Å². The summed E-state index contributed by atoms with van der Waals surface area (Å²) < 4.78 is 0. The molecule has 15 heavy (non-hydrogen) atoms. The molecule has 74 valence electrons. The number of H-pyrrole nitrogens is 1. The van der Waals surface area contributed by atoms with Crippen molar-refractivity contribution in [2.75, 3.05) is 0 Å². The Hall–Kier alpha value is -2.08. The first-order valence-electron chi connectivity index (χ1n) is 4.67. The van der Waals surface area contributed by atoms with E-state index in [0.717, 1.165) is 28.3 Å². The van der Waals surface area contributed by atoms with Crippen LogP contribution in [0.15, 0.2) is 18.3 Å². The summed E-state index contributed by atoms with van der Waals surface area (Å²) in [4.78, 5) is 10.1. The van der Waals surface area contributed by atoms with Crippen LogP contribution in [0.4, 0.5) is 0 Å². The lowest BCUT2D eigenvalue weighted by molar-refractivity contribution is -0.107. The van der Waals surface area contributed by atoms with Gasteiger partial charge in [-0.05, 0) is 24.6 Å². The molecule has 2 aromatic rings. The molecule has 1 heterocycles. The first-order valence-corrected chi connectivity index (χ1v) is 4.67. The summed E-state index contributed by atoms with van der Waals surface area (Å²) in [5.41, 5.74) is 3.05. The van der Waals surface area contributed by atoms with E-state index in [-0.39, 0.29) is 6.42 Å². The van der Waals surface area contributed by atoms with Crippen molar-refractivity contribution < 1.29 is 4.79 Å². The van der Waals surface area contributed by atoms with E-state index in [1.807, 2.05) is 19.1 Å². The molecule has 0 spiro atoms. The quantitative estimate of drug-likeness (QED) is 0.561. The van der Waals surface area contributed by atoms with Crippen LogP contribution in [0.1, 0.15) is 17.5 Å². The number of hydrogen-bond acceptors (Lipinski definition) is 2. The summed E-state index contributed by atoms with van der Waals surface area (Å²) in [6, 6.07) is 3.99. The number of aryl methyl sites for hydroxylation is 1. The number of aromatic nitrogens is 2. The number of aldehydes is 1. The van der Waals surface area contributed by atoms with Crippen LogP contribution >= 0.6 is 0 Å². The van der Waals surface area contributed by atoms with Gasteiger partial charge in [-0.2, -0.15) is 5.10 Å². The summed E-state index contributed by atoms with van der Waals surface area (Å²) >= 11 is 0. The number of benzene rings is 1. The highest BCUT2D eigenvalue weighted by Gasteiger charge is 2.00. The number of carbonyl (C=O) groups excluding carboxylic acids is 1. The Balaban J connectivity index is 2.47. The van der Waals surface area contributed by atoms with Gasteiger partial charge in [-0.15, -0.1) is 0 Å². The lowest BCUT2D eigenvalue weighted by atomic mass is 10.1. The molecule has 0 bridgehead atoms. The van der Waals surface area contributed by atoms with Gasteiger partial charge in [0.05, 0.1) is 18.1 Å². The van der Waals surface area contributed by atoms with Crippen LogP contribution in [0.5, 0.6) is 0 Å². The third kappa shape index (κ3) is 1.89. The molecule has 0 unspecified atom stereocenters. The molecule has 0 amide bonds. The van der Waals surface area contributed by atoms with Crippen LogP contribution in [0.25, 0.3) is 10.9 Å². The summed E-state index contributed by atoms with van der Waals surface area (Å²) in [6.45, 7) is 1.99. The molecule has 0 saturated carbocycles. The van der Waals surface area contributed by atoms with E-state index in [9.17, 15) is 4.79 Å². The van der Waals surface area contributed by atoms with Crippen LogP contribution in [-0.4, -0.2) is 16.5 Å². The van der Waals surface area contributed by atoms with Gasteiger partial charge in [0.15, 0.2) is 0 Å². The van der Waals surface area contributed by atoms with Crippen LogP contribution in [-0.2, 0) is 4.79 Å². The fourth-order valence-electron chi connectivity index (χ4n) is 1.42. The predicted octanol–water partition coefficient (Wildman–Crippen LogP) is 1.81. The Kier molecular flexibility index (Phi) is 2.51. The Morgan fingerprint density at radius 2 is 2.40 bits per heavy atom. The minimum absolute atomic E-state index is 0.281. The van der Waals surface area contributed by atoms with Gasteiger partial charge < -0.3 is 4.79 Å². The summed E-state index contributed by atoms with van der Waals surface area (Å²) in [5, 5.41) is 7.89. The number of carbonyl (C=O) groups is 1. The second kappa shape index (κ2) is 3.97. The molecule has 0 aliphatic heterocycles. The standard InChI is InChI=1S/C12H10N2O/c1-9-6-12-11(8-13-14-12)7-10(9)4-2-3-5-15/h5-8H,3H2,1H3,(H,13,14). The normalized spacial score (nSPS) is 9.67. The van der Waals surface area contributed by atoms with Gasteiger partial charge in [0.1, 0.15) is 6.29 Å². The lowest BCUT2D eigenvalue weighted by Gasteiger charge is -1.97. The van der Waals surface area contributed by atoms with Crippen molar-refractivity contribution in [1.29, 1.82) is 0 Å². The SMILES string of the molecule is Cc1cc2[nH]ncc2cc1C#CCC=O. The van der Waals surface area contributed by atoms with E-state index in [1.165, 1.54) is 0 Å². The highest BCUT2D eigenvalue weighted by Crippen LogP contribution is 2.16. The van der Waals surface area contributed by atoms with Crippen molar-refractivity contribution in [3.05, 3.63) is 29.5 Å². The van der Waals surface area contributed by atoms with E-state index in [2.05, 4.69) is 22.0 Å². The topological polar surface area (TPSA) is 45.8 Å².